The summed E-state index contributed by atoms with van der Waals surface area (Å²) in [5, 5.41) is 11.1. The van der Waals surface area contributed by atoms with Crippen LogP contribution < -0.4 is 11.2 Å². The maximum absolute atomic E-state index is 12.9. The highest BCUT2D eigenvalue weighted by molar-refractivity contribution is 7.48. The van der Waals surface area contributed by atoms with E-state index >= 15 is 0 Å². The molecule has 13 heteroatoms. The van der Waals surface area contributed by atoms with E-state index in [1.807, 2.05) is 4.98 Å². The highest BCUT2D eigenvalue weighted by Gasteiger charge is 2.62. The highest BCUT2D eigenvalue weighted by Crippen LogP contribution is 2.58. The molecule has 0 spiro atoms. The largest absolute Gasteiger partial charge is 0.475 e. The molecule has 1 aromatic rings. The van der Waals surface area contributed by atoms with E-state index in [4.69, 9.17) is 29.5 Å². The minimum absolute atomic E-state index is 0.152. The van der Waals surface area contributed by atoms with E-state index in [0.717, 1.165) is 16.8 Å². The molecule has 0 radical (unpaired) electrons. The van der Waals surface area contributed by atoms with E-state index in [0.29, 0.717) is 0 Å². The summed E-state index contributed by atoms with van der Waals surface area (Å²) in [7, 11) is -4.16. The standard InChI is InChI=1S/C19H25N2O10P/c1-5-19(25)15-13(30-17(19)21-8-6-14(22)20-18(21)24)10-28-32(26,31-15)27-9-7-12(4)16(23)29-11(2)3/h1,6,8,11-13,15,17,25H,7,9-10H2,2-4H3,(H,20,22,24)/t12?,13?,15-,17-,19-,32-/m1/s1. The normalized spacial score (nSPS) is 32.8. The van der Waals surface area contributed by atoms with Gasteiger partial charge in [-0.15, -0.1) is 6.42 Å². The van der Waals surface area contributed by atoms with Gasteiger partial charge in [0.05, 0.1) is 25.2 Å². The lowest BCUT2D eigenvalue weighted by Crippen LogP contribution is -2.50. The second-order valence-corrected chi connectivity index (χ2v) is 9.41. The Bertz CT molecular complexity index is 1060. The van der Waals surface area contributed by atoms with E-state index in [2.05, 4.69) is 5.92 Å². The van der Waals surface area contributed by atoms with Gasteiger partial charge in [-0.05, 0) is 20.3 Å². The predicted octanol–water partition coefficient (Wildman–Crippen LogP) is 0.316. The van der Waals surface area contributed by atoms with Gasteiger partial charge in [0.25, 0.3) is 5.56 Å². The molecule has 2 aliphatic rings. The Morgan fingerprint density at radius 2 is 2.19 bits per heavy atom. The number of phosphoric ester groups is 1. The fourth-order valence-corrected chi connectivity index (χ4v) is 4.72. The Labute approximate surface area is 183 Å². The molecule has 3 heterocycles. The number of aromatic nitrogens is 2. The zero-order valence-corrected chi connectivity index (χ0v) is 18.7. The lowest BCUT2D eigenvalue weighted by molar-refractivity contribution is -0.152. The van der Waals surface area contributed by atoms with E-state index in [-0.39, 0.29) is 25.7 Å². The molecule has 0 aliphatic carbocycles. The van der Waals surface area contributed by atoms with Gasteiger partial charge in [-0.3, -0.25) is 32.7 Å². The number of hydrogen-bond acceptors (Lipinski definition) is 10. The summed E-state index contributed by atoms with van der Waals surface area (Å²) in [5.41, 5.74) is -3.73. The summed E-state index contributed by atoms with van der Waals surface area (Å²) in [6.45, 7) is 4.64. The minimum Gasteiger partial charge on any atom is -0.463 e. The molecule has 0 saturated carbocycles. The number of phosphoric acid groups is 1. The number of carbonyl (C=O) groups excluding carboxylic acids is 1. The molecule has 2 saturated heterocycles. The molecule has 1 aromatic heterocycles. The zero-order chi connectivity index (χ0) is 23.7. The number of carbonyl (C=O) groups is 1. The Hall–Kier alpha value is -2.26. The van der Waals surface area contributed by atoms with Crippen LogP contribution in [-0.4, -0.2) is 57.8 Å². The van der Waals surface area contributed by atoms with Crippen molar-refractivity contribution in [3.05, 3.63) is 33.1 Å². The van der Waals surface area contributed by atoms with Crippen LogP contribution in [0.4, 0.5) is 0 Å². The molecule has 2 aliphatic heterocycles. The molecule has 12 nitrogen and oxygen atoms in total. The van der Waals surface area contributed by atoms with Crippen molar-refractivity contribution < 1.29 is 37.5 Å². The topological polar surface area (TPSA) is 155 Å². The van der Waals surface area contributed by atoms with Crippen LogP contribution in [0.1, 0.15) is 33.4 Å². The molecular formula is C19H25N2O10P. The van der Waals surface area contributed by atoms with Gasteiger partial charge in [-0.2, -0.15) is 0 Å². The highest BCUT2D eigenvalue weighted by atomic mass is 31.2. The summed E-state index contributed by atoms with van der Waals surface area (Å²) in [6.07, 6.45) is 2.79. The van der Waals surface area contributed by atoms with Crippen molar-refractivity contribution in [1.82, 2.24) is 9.55 Å². The smallest absolute Gasteiger partial charge is 0.463 e. The van der Waals surface area contributed by atoms with Crippen LogP contribution in [0.25, 0.3) is 0 Å². The number of ether oxygens (including phenoxy) is 2. The molecule has 0 amide bonds. The molecule has 2 unspecified atom stereocenters. The predicted molar refractivity (Wildman–Crippen MR) is 108 cm³/mol. The number of fused-ring (bicyclic) bond motifs is 1. The molecule has 32 heavy (non-hydrogen) atoms. The maximum atomic E-state index is 12.9. The number of hydrogen-bond donors (Lipinski definition) is 2. The van der Waals surface area contributed by atoms with Crippen LogP contribution in [0.2, 0.25) is 0 Å². The third kappa shape index (κ3) is 4.88. The monoisotopic (exact) mass is 472 g/mol. The van der Waals surface area contributed by atoms with Gasteiger partial charge in [-0.25, -0.2) is 9.36 Å². The Morgan fingerprint density at radius 1 is 1.47 bits per heavy atom. The second kappa shape index (κ2) is 9.31. The number of nitrogens with zero attached hydrogens (tertiary/aromatic N) is 1. The van der Waals surface area contributed by atoms with Crippen LogP contribution >= 0.6 is 7.82 Å². The third-order valence-electron chi connectivity index (χ3n) is 4.98. The number of esters is 1. The summed E-state index contributed by atoms with van der Waals surface area (Å²) < 4.78 is 40.5. The van der Waals surface area contributed by atoms with Gasteiger partial charge in [0.2, 0.25) is 0 Å². The molecule has 0 bridgehead atoms. The number of aromatic amines is 1. The summed E-state index contributed by atoms with van der Waals surface area (Å²) in [5.74, 6) is 1.19. The maximum Gasteiger partial charge on any atom is 0.475 e. The van der Waals surface area contributed by atoms with Gasteiger partial charge in [-0.1, -0.05) is 12.8 Å². The second-order valence-electron chi connectivity index (χ2n) is 7.79. The average molecular weight is 472 g/mol. The molecule has 6 atom stereocenters. The molecule has 176 valence electrons. The van der Waals surface area contributed by atoms with Crippen molar-refractivity contribution in [2.24, 2.45) is 5.92 Å². The first kappa shape index (κ1) is 24.4. The first-order valence-corrected chi connectivity index (χ1v) is 11.4. The number of H-pyrrole nitrogens is 1. The van der Waals surface area contributed by atoms with E-state index in [1.54, 1.807) is 20.8 Å². The quantitative estimate of drug-likeness (QED) is 0.322. The first-order chi connectivity index (χ1) is 15.0. The number of aliphatic hydroxyl groups is 1. The Balaban J connectivity index is 1.70. The van der Waals surface area contributed by atoms with Crippen molar-refractivity contribution in [3.8, 4) is 12.3 Å². The first-order valence-electron chi connectivity index (χ1n) is 9.94. The van der Waals surface area contributed by atoms with Gasteiger partial charge in [0.15, 0.2) is 11.8 Å². The summed E-state index contributed by atoms with van der Waals surface area (Å²) in [6, 6.07) is 1.06. The lowest BCUT2D eigenvalue weighted by atomic mass is 9.95. The molecule has 2 N–H and O–H groups in total. The van der Waals surface area contributed by atoms with Crippen molar-refractivity contribution in [2.75, 3.05) is 13.2 Å². The van der Waals surface area contributed by atoms with E-state index in [1.165, 1.54) is 0 Å². The lowest BCUT2D eigenvalue weighted by Gasteiger charge is -2.34. The SMILES string of the molecule is C#C[C@@]1(O)[C@@H]2O[P@](=O)(OCCC(C)C(=O)OC(C)C)OCC2O[C@H]1n1ccc(=O)[nH]c1=O. The Morgan fingerprint density at radius 3 is 2.81 bits per heavy atom. The molecular weight excluding hydrogens is 447 g/mol. The van der Waals surface area contributed by atoms with Gasteiger partial charge in [0.1, 0.15) is 12.2 Å². The van der Waals surface area contributed by atoms with Crippen LogP contribution in [0.3, 0.4) is 0 Å². The van der Waals surface area contributed by atoms with Crippen LogP contribution in [0, 0.1) is 18.3 Å². The zero-order valence-electron chi connectivity index (χ0n) is 17.8. The van der Waals surface area contributed by atoms with Crippen molar-refractivity contribution in [1.29, 1.82) is 0 Å². The van der Waals surface area contributed by atoms with Crippen LogP contribution in [0.15, 0.2) is 21.9 Å². The van der Waals surface area contributed by atoms with Gasteiger partial charge < -0.3 is 14.6 Å². The van der Waals surface area contributed by atoms with Crippen LogP contribution in [0.5, 0.6) is 0 Å². The number of nitrogens with one attached hydrogen (secondary N) is 1. The van der Waals surface area contributed by atoms with Gasteiger partial charge in [0, 0.05) is 12.3 Å². The van der Waals surface area contributed by atoms with Gasteiger partial charge >= 0.3 is 19.5 Å². The number of terminal acetylenes is 1. The molecule has 2 fully saturated rings. The summed E-state index contributed by atoms with van der Waals surface area (Å²) in [4.78, 5) is 37.4. The van der Waals surface area contributed by atoms with E-state index in [9.17, 15) is 24.1 Å². The minimum atomic E-state index is -4.16. The van der Waals surface area contributed by atoms with Crippen molar-refractivity contribution in [3.63, 3.8) is 0 Å². The average Bonchev–Trinajstić information content (AvgIpc) is 2.99. The third-order valence-corrected chi connectivity index (χ3v) is 6.43. The summed E-state index contributed by atoms with van der Waals surface area (Å²) >= 11 is 0. The van der Waals surface area contributed by atoms with Crippen LogP contribution in [-0.2, 0) is 32.4 Å². The fourth-order valence-electron chi connectivity index (χ4n) is 3.29. The Kier molecular flexibility index (Phi) is 7.09. The van der Waals surface area contributed by atoms with E-state index < -0.39 is 55.0 Å². The number of rotatable bonds is 7. The molecule has 3 rings (SSSR count). The van der Waals surface area contributed by atoms with Crippen molar-refractivity contribution in [2.45, 2.75) is 57.3 Å². The molecule has 0 aromatic carbocycles. The fraction of sp³-hybridized carbons (Fsp3) is 0.632. The van der Waals surface area contributed by atoms with Crippen molar-refractivity contribution >= 4 is 13.8 Å².